The van der Waals surface area contributed by atoms with Gasteiger partial charge in [0.1, 0.15) is 12.0 Å². The summed E-state index contributed by atoms with van der Waals surface area (Å²) in [5, 5.41) is 0. The minimum absolute atomic E-state index is 0.595. The number of nitrogens with zero attached hydrogens (tertiary/aromatic N) is 2. The first kappa shape index (κ1) is 13.9. The molecular weight excluding hydrogens is 240 g/mol. The highest BCUT2D eigenvalue weighted by molar-refractivity contribution is 5.78. The number of methoxy groups -OCH3 is 1. The van der Waals surface area contributed by atoms with E-state index in [2.05, 4.69) is 23.6 Å². The number of rotatable bonds is 4. The Balaban J connectivity index is 2.12. The van der Waals surface area contributed by atoms with E-state index in [1.165, 1.54) is 0 Å². The number of hydrogen-bond donors (Lipinski definition) is 0. The molecule has 1 saturated heterocycles. The third-order valence-corrected chi connectivity index (χ3v) is 3.70. The number of carbonyl (C=O) groups is 1. The van der Waals surface area contributed by atoms with Gasteiger partial charge in [0.2, 0.25) is 0 Å². The van der Waals surface area contributed by atoms with Crippen LogP contribution in [0.1, 0.15) is 24.2 Å². The number of hydrogen-bond acceptors (Lipinski definition) is 4. The Bertz CT molecular complexity index is 438. The van der Waals surface area contributed by atoms with Gasteiger partial charge in [0.15, 0.2) is 0 Å². The molecule has 4 heteroatoms. The average molecular weight is 262 g/mol. The van der Waals surface area contributed by atoms with Crippen LogP contribution < -0.4 is 9.64 Å². The molecule has 2 rings (SSSR count). The number of benzene rings is 1. The van der Waals surface area contributed by atoms with Gasteiger partial charge in [0, 0.05) is 49.5 Å². The lowest BCUT2D eigenvalue weighted by Crippen LogP contribution is -2.48. The van der Waals surface area contributed by atoms with Gasteiger partial charge in [0.25, 0.3) is 0 Å². The van der Waals surface area contributed by atoms with Crippen molar-refractivity contribution in [1.82, 2.24) is 4.90 Å². The molecule has 0 spiro atoms. The monoisotopic (exact) mass is 262 g/mol. The second-order valence-electron chi connectivity index (χ2n) is 5.20. The molecular formula is C15H22N2O2. The molecule has 0 bridgehead atoms. The van der Waals surface area contributed by atoms with Crippen molar-refractivity contribution in [3.8, 4) is 5.75 Å². The highest BCUT2D eigenvalue weighted by Gasteiger charge is 2.19. The molecule has 0 radical (unpaired) electrons. The third-order valence-electron chi connectivity index (χ3n) is 3.70. The van der Waals surface area contributed by atoms with E-state index in [1.807, 2.05) is 12.1 Å². The summed E-state index contributed by atoms with van der Waals surface area (Å²) in [6, 6.07) is 6.29. The van der Waals surface area contributed by atoms with Crippen LogP contribution in [0.3, 0.4) is 0 Å². The van der Waals surface area contributed by atoms with Crippen LogP contribution in [0.15, 0.2) is 18.2 Å². The normalized spacial score (nSPS) is 16.7. The van der Waals surface area contributed by atoms with Gasteiger partial charge < -0.3 is 9.64 Å². The fourth-order valence-corrected chi connectivity index (χ4v) is 2.47. The van der Waals surface area contributed by atoms with E-state index in [0.29, 0.717) is 11.6 Å². The smallest absolute Gasteiger partial charge is 0.150 e. The van der Waals surface area contributed by atoms with Crippen LogP contribution in [-0.4, -0.2) is 50.5 Å². The van der Waals surface area contributed by atoms with E-state index in [4.69, 9.17) is 4.74 Å². The van der Waals surface area contributed by atoms with Crippen molar-refractivity contribution in [1.29, 1.82) is 0 Å². The van der Waals surface area contributed by atoms with Crippen LogP contribution in [0.2, 0.25) is 0 Å². The molecule has 0 unspecified atom stereocenters. The molecule has 0 aromatic heterocycles. The molecule has 1 fully saturated rings. The molecule has 0 atom stereocenters. The van der Waals surface area contributed by atoms with E-state index in [9.17, 15) is 4.79 Å². The Morgan fingerprint density at radius 2 is 1.84 bits per heavy atom. The molecule has 0 N–H and O–H groups in total. The molecule has 1 heterocycles. The number of ether oxygens (including phenoxy) is 1. The number of piperazine rings is 1. The van der Waals surface area contributed by atoms with Gasteiger partial charge in [0.05, 0.1) is 7.11 Å². The quantitative estimate of drug-likeness (QED) is 0.777. The summed E-state index contributed by atoms with van der Waals surface area (Å²) in [4.78, 5) is 15.8. The fraction of sp³-hybridized carbons (Fsp3) is 0.533. The summed E-state index contributed by atoms with van der Waals surface area (Å²) in [5.41, 5.74) is 1.74. The van der Waals surface area contributed by atoms with Gasteiger partial charge in [-0.2, -0.15) is 0 Å². The summed E-state index contributed by atoms with van der Waals surface area (Å²) >= 11 is 0. The van der Waals surface area contributed by atoms with Crippen LogP contribution in [0.5, 0.6) is 5.75 Å². The van der Waals surface area contributed by atoms with Crippen LogP contribution in [0.25, 0.3) is 0 Å². The Kier molecular flexibility index (Phi) is 4.43. The standard InChI is InChI=1S/C15H22N2O2/c1-12(2)16-4-6-17(7-5-16)14-8-13(11-18)9-15(10-14)19-3/h8-12H,4-7H2,1-3H3. The van der Waals surface area contributed by atoms with Crippen LogP contribution in [0.4, 0.5) is 5.69 Å². The first-order valence-electron chi connectivity index (χ1n) is 6.77. The van der Waals surface area contributed by atoms with Crippen molar-refractivity contribution in [2.45, 2.75) is 19.9 Å². The first-order valence-corrected chi connectivity index (χ1v) is 6.77. The predicted molar refractivity (Wildman–Crippen MR) is 77.3 cm³/mol. The number of aldehydes is 1. The highest BCUT2D eigenvalue weighted by Crippen LogP contribution is 2.24. The summed E-state index contributed by atoms with van der Waals surface area (Å²) < 4.78 is 5.25. The van der Waals surface area contributed by atoms with Gasteiger partial charge in [-0.25, -0.2) is 0 Å². The van der Waals surface area contributed by atoms with E-state index in [1.54, 1.807) is 13.2 Å². The van der Waals surface area contributed by atoms with Crippen molar-refractivity contribution < 1.29 is 9.53 Å². The summed E-state index contributed by atoms with van der Waals surface area (Å²) in [6.45, 7) is 8.56. The lowest BCUT2D eigenvalue weighted by Gasteiger charge is -2.38. The van der Waals surface area contributed by atoms with Gasteiger partial charge in [-0.3, -0.25) is 9.69 Å². The molecule has 1 aliphatic heterocycles. The summed E-state index contributed by atoms with van der Waals surface area (Å²) in [6.07, 6.45) is 0.871. The zero-order chi connectivity index (χ0) is 13.8. The van der Waals surface area contributed by atoms with Gasteiger partial charge in [-0.05, 0) is 26.0 Å². The Labute approximate surface area is 115 Å². The van der Waals surface area contributed by atoms with E-state index in [0.717, 1.165) is 43.9 Å². The van der Waals surface area contributed by atoms with E-state index >= 15 is 0 Å². The molecule has 0 saturated carbocycles. The van der Waals surface area contributed by atoms with Gasteiger partial charge >= 0.3 is 0 Å². The van der Waals surface area contributed by atoms with Crippen molar-refractivity contribution >= 4 is 12.0 Å². The summed E-state index contributed by atoms with van der Waals surface area (Å²) in [7, 11) is 1.63. The average Bonchev–Trinajstić information content (AvgIpc) is 2.46. The SMILES string of the molecule is COc1cc(C=O)cc(N2CCN(C(C)C)CC2)c1. The molecule has 0 amide bonds. The van der Waals surface area contributed by atoms with Crippen LogP contribution >= 0.6 is 0 Å². The lowest BCUT2D eigenvalue weighted by atomic mass is 10.1. The topological polar surface area (TPSA) is 32.8 Å². The Morgan fingerprint density at radius 3 is 2.37 bits per heavy atom. The molecule has 1 aromatic rings. The second kappa shape index (κ2) is 6.06. The van der Waals surface area contributed by atoms with Crippen molar-refractivity contribution in [3.05, 3.63) is 23.8 Å². The highest BCUT2D eigenvalue weighted by atomic mass is 16.5. The lowest BCUT2D eigenvalue weighted by molar-refractivity contribution is 0.112. The molecule has 1 aliphatic rings. The zero-order valence-corrected chi connectivity index (χ0v) is 11.9. The van der Waals surface area contributed by atoms with Crippen LogP contribution in [0, 0.1) is 0 Å². The van der Waals surface area contributed by atoms with Gasteiger partial charge in [-0.1, -0.05) is 0 Å². The largest absolute Gasteiger partial charge is 0.497 e. The third kappa shape index (κ3) is 3.26. The second-order valence-corrected chi connectivity index (χ2v) is 5.20. The van der Waals surface area contributed by atoms with Gasteiger partial charge in [-0.15, -0.1) is 0 Å². The maximum atomic E-state index is 11.0. The van der Waals surface area contributed by atoms with Crippen LogP contribution in [-0.2, 0) is 0 Å². The first-order chi connectivity index (χ1) is 9.13. The minimum Gasteiger partial charge on any atom is -0.497 e. The molecule has 0 aliphatic carbocycles. The predicted octanol–water partition coefficient (Wildman–Crippen LogP) is 2.04. The van der Waals surface area contributed by atoms with Crippen molar-refractivity contribution in [2.75, 3.05) is 38.2 Å². The van der Waals surface area contributed by atoms with Crippen molar-refractivity contribution in [3.63, 3.8) is 0 Å². The zero-order valence-electron chi connectivity index (χ0n) is 11.9. The fourth-order valence-electron chi connectivity index (χ4n) is 2.47. The van der Waals surface area contributed by atoms with Crippen molar-refractivity contribution in [2.24, 2.45) is 0 Å². The number of carbonyl (C=O) groups excluding carboxylic acids is 1. The molecule has 104 valence electrons. The molecule has 19 heavy (non-hydrogen) atoms. The molecule has 1 aromatic carbocycles. The molecule has 4 nitrogen and oxygen atoms in total. The summed E-state index contributed by atoms with van der Waals surface area (Å²) in [5.74, 6) is 0.742. The van der Waals surface area contributed by atoms with E-state index < -0.39 is 0 Å². The Hall–Kier alpha value is -1.55. The minimum atomic E-state index is 0.595. The maximum absolute atomic E-state index is 11.0. The Morgan fingerprint density at radius 1 is 1.16 bits per heavy atom. The number of anilines is 1. The maximum Gasteiger partial charge on any atom is 0.150 e. The van der Waals surface area contributed by atoms with E-state index in [-0.39, 0.29) is 0 Å².